The fourth-order valence-corrected chi connectivity index (χ4v) is 4.30. The molecule has 3 heterocycles. The molecule has 0 bridgehead atoms. The summed E-state index contributed by atoms with van der Waals surface area (Å²) in [6, 6.07) is 7.61. The van der Waals surface area contributed by atoms with E-state index in [2.05, 4.69) is 0 Å². The van der Waals surface area contributed by atoms with Gasteiger partial charge in [0.15, 0.2) is 0 Å². The Hall–Kier alpha value is -1.79. The monoisotopic (exact) mass is 378 g/mol. The van der Waals surface area contributed by atoms with Gasteiger partial charge in [0, 0.05) is 37.2 Å². The van der Waals surface area contributed by atoms with Crippen molar-refractivity contribution in [3.63, 3.8) is 0 Å². The number of carbonyl (C=O) groups excluding carboxylic acids is 2. The van der Waals surface area contributed by atoms with Crippen molar-refractivity contribution in [2.24, 2.45) is 5.92 Å². The third-order valence-corrected chi connectivity index (χ3v) is 5.77. The number of hydrogen-bond acceptors (Lipinski definition) is 4. The fourth-order valence-electron chi connectivity index (χ4n) is 4.09. The van der Waals surface area contributed by atoms with Gasteiger partial charge in [-0.2, -0.15) is 0 Å². The highest BCUT2D eigenvalue weighted by atomic mass is 35.5. The van der Waals surface area contributed by atoms with Gasteiger partial charge < -0.3 is 14.4 Å². The van der Waals surface area contributed by atoms with E-state index in [1.165, 1.54) is 0 Å². The van der Waals surface area contributed by atoms with Gasteiger partial charge >= 0.3 is 6.09 Å². The number of carbonyl (C=O) groups is 2. The zero-order chi connectivity index (χ0) is 18.1. The number of likely N-dealkylation sites (tertiary alicyclic amines) is 1. The van der Waals surface area contributed by atoms with Crippen LogP contribution in [0.25, 0.3) is 0 Å². The van der Waals surface area contributed by atoms with Crippen LogP contribution in [0, 0.1) is 5.92 Å². The van der Waals surface area contributed by atoms with Crippen LogP contribution in [0.2, 0.25) is 5.02 Å². The summed E-state index contributed by atoms with van der Waals surface area (Å²) in [5, 5.41) is 0.693. The summed E-state index contributed by atoms with van der Waals surface area (Å²) >= 11 is 6.03. The van der Waals surface area contributed by atoms with E-state index in [4.69, 9.17) is 21.1 Å². The van der Waals surface area contributed by atoms with Crippen LogP contribution < -0.4 is 0 Å². The minimum atomic E-state index is -0.278. The second-order valence-corrected chi connectivity index (χ2v) is 7.63. The van der Waals surface area contributed by atoms with Crippen molar-refractivity contribution < 1.29 is 19.1 Å². The number of amides is 2. The molecule has 0 radical (unpaired) electrons. The van der Waals surface area contributed by atoms with Crippen molar-refractivity contribution in [2.75, 3.05) is 32.8 Å². The molecule has 1 aromatic rings. The molecule has 7 heteroatoms. The Labute approximate surface area is 158 Å². The summed E-state index contributed by atoms with van der Waals surface area (Å²) < 4.78 is 10.9. The molecule has 26 heavy (non-hydrogen) atoms. The van der Waals surface area contributed by atoms with Crippen molar-refractivity contribution >= 4 is 23.6 Å². The average molecular weight is 379 g/mol. The summed E-state index contributed by atoms with van der Waals surface area (Å²) in [5.74, 6) is 0.215. The second-order valence-electron chi connectivity index (χ2n) is 7.19. The Morgan fingerprint density at radius 1 is 1.23 bits per heavy atom. The number of nitrogens with zero attached hydrogens (tertiary/aromatic N) is 2. The first-order valence-corrected chi connectivity index (χ1v) is 9.58. The minimum absolute atomic E-state index is 0.0400. The first kappa shape index (κ1) is 17.6. The number of rotatable bonds is 4. The maximum atomic E-state index is 12.7. The topological polar surface area (TPSA) is 59.1 Å². The largest absolute Gasteiger partial charge is 0.442 e. The molecule has 0 unspecified atom stereocenters. The van der Waals surface area contributed by atoms with Crippen molar-refractivity contribution in [1.29, 1.82) is 0 Å². The van der Waals surface area contributed by atoms with Crippen LogP contribution in [0.1, 0.15) is 18.4 Å². The molecule has 140 valence electrons. The van der Waals surface area contributed by atoms with Crippen molar-refractivity contribution in [3.05, 3.63) is 34.9 Å². The van der Waals surface area contributed by atoms with Gasteiger partial charge in [-0.1, -0.05) is 23.7 Å². The standard InChI is InChI=1S/C19H23ClN2O4/c20-15-3-1-2-13(10-15)4-7-22-16-11-21(12-17(16)26-19(22)24)18(23)14-5-8-25-9-6-14/h1-3,10,14,16-17H,4-9,11-12H2/t16-,17+/m0/s1. The Morgan fingerprint density at radius 2 is 2.04 bits per heavy atom. The highest BCUT2D eigenvalue weighted by molar-refractivity contribution is 6.30. The molecular weight excluding hydrogens is 356 g/mol. The highest BCUT2D eigenvalue weighted by Crippen LogP contribution is 2.29. The molecule has 1 aromatic carbocycles. The van der Waals surface area contributed by atoms with E-state index in [1.54, 1.807) is 4.90 Å². The molecule has 6 nitrogen and oxygen atoms in total. The van der Waals surface area contributed by atoms with Crippen LogP contribution in [0.4, 0.5) is 4.79 Å². The minimum Gasteiger partial charge on any atom is -0.442 e. The molecule has 0 N–H and O–H groups in total. The van der Waals surface area contributed by atoms with Gasteiger partial charge in [-0.05, 0) is 37.0 Å². The Bertz CT molecular complexity index is 692. The van der Waals surface area contributed by atoms with Crippen molar-refractivity contribution in [1.82, 2.24) is 9.80 Å². The van der Waals surface area contributed by atoms with E-state index >= 15 is 0 Å². The molecule has 0 spiro atoms. The molecule has 0 aliphatic carbocycles. The lowest BCUT2D eigenvalue weighted by Gasteiger charge is -2.27. The van der Waals surface area contributed by atoms with Crippen molar-refractivity contribution in [2.45, 2.75) is 31.4 Å². The van der Waals surface area contributed by atoms with Gasteiger partial charge in [-0.3, -0.25) is 9.69 Å². The van der Waals surface area contributed by atoms with E-state index in [-0.39, 0.29) is 30.1 Å². The number of hydrogen-bond donors (Lipinski definition) is 0. The van der Waals surface area contributed by atoms with E-state index in [0.717, 1.165) is 18.4 Å². The predicted molar refractivity (Wildman–Crippen MR) is 96.0 cm³/mol. The summed E-state index contributed by atoms with van der Waals surface area (Å²) in [6.07, 6.45) is 1.78. The lowest BCUT2D eigenvalue weighted by atomic mass is 9.99. The summed E-state index contributed by atoms with van der Waals surface area (Å²) in [5.41, 5.74) is 1.09. The van der Waals surface area contributed by atoms with Gasteiger partial charge in [0.25, 0.3) is 0 Å². The first-order chi connectivity index (χ1) is 12.6. The molecule has 3 aliphatic heterocycles. The van der Waals surface area contributed by atoms with E-state index in [9.17, 15) is 9.59 Å². The SMILES string of the molecule is O=C(C1CCOCC1)N1C[C@H]2OC(=O)N(CCc3cccc(Cl)c3)[C@H]2C1. The van der Waals surface area contributed by atoms with Crippen LogP contribution in [-0.4, -0.2) is 66.8 Å². The van der Waals surface area contributed by atoms with Crippen LogP contribution in [0.5, 0.6) is 0 Å². The molecule has 2 amide bonds. The smallest absolute Gasteiger partial charge is 0.410 e. The molecule has 4 rings (SSSR count). The number of ether oxygens (including phenoxy) is 2. The van der Waals surface area contributed by atoms with Gasteiger partial charge in [-0.25, -0.2) is 4.79 Å². The van der Waals surface area contributed by atoms with E-state index < -0.39 is 0 Å². The van der Waals surface area contributed by atoms with Gasteiger partial charge in [-0.15, -0.1) is 0 Å². The molecule has 0 aromatic heterocycles. The summed E-state index contributed by atoms with van der Waals surface area (Å²) in [4.78, 5) is 28.6. The van der Waals surface area contributed by atoms with Crippen LogP contribution in [-0.2, 0) is 20.7 Å². The normalized spacial score (nSPS) is 26.1. The highest BCUT2D eigenvalue weighted by Gasteiger charge is 2.49. The first-order valence-electron chi connectivity index (χ1n) is 9.20. The zero-order valence-electron chi connectivity index (χ0n) is 14.6. The van der Waals surface area contributed by atoms with E-state index in [1.807, 2.05) is 29.2 Å². The Balaban J connectivity index is 1.37. The summed E-state index contributed by atoms with van der Waals surface area (Å²) in [7, 11) is 0. The molecule has 2 atom stereocenters. The van der Waals surface area contributed by atoms with Gasteiger partial charge in [0.1, 0.15) is 6.10 Å². The molecule has 0 saturated carbocycles. The predicted octanol–water partition coefficient (Wildman–Crippen LogP) is 2.34. The van der Waals surface area contributed by atoms with Crippen LogP contribution in [0.3, 0.4) is 0 Å². The maximum absolute atomic E-state index is 12.7. The maximum Gasteiger partial charge on any atom is 0.410 e. The second kappa shape index (κ2) is 7.45. The van der Waals surface area contributed by atoms with Crippen LogP contribution >= 0.6 is 11.6 Å². The number of halogens is 1. The molecule has 3 saturated heterocycles. The van der Waals surface area contributed by atoms with Gasteiger partial charge in [0.05, 0.1) is 12.6 Å². The lowest BCUT2D eigenvalue weighted by molar-refractivity contribution is -0.138. The van der Waals surface area contributed by atoms with E-state index in [0.29, 0.717) is 44.3 Å². The quantitative estimate of drug-likeness (QED) is 0.807. The Morgan fingerprint density at radius 3 is 2.81 bits per heavy atom. The molecule has 3 aliphatic rings. The zero-order valence-corrected chi connectivity index (χ0v) is 15.4. The fraction of sp³-hybridized carbons (Fsp3) is 0.579. The Kier molecular flexibility index (Phi) is 5.05. The molecule has 3 fully saturated rings. The number of benzene rings is 1. The lowest BCUT2D eigenvalue weighted by Crippen LogP contribution is -2.42. The molecular formula is C19H23ClN2O4. The third kappa shape index (κ3) is 3.53. The third-order valence-electron chi connectivity index (χ3n) is 5.54. The van der Waals surface area contributed by atoms with Gasteiger partial charge in [0.2, 0.25) is 5.91 Å². The van der Waals surface area contributed by atoms with Crippen molar-refractivity contribution in [3.8, 4) is 0 Å². The number of fused-ring (bicyclic) bond motifs is 1. The summed E-state index contributed by atoms with van der Waals surface area (Å²) in [6.45, 7) is 2.93. The van der Waals surface area contributed by atoms with Crippen LogP contribution in [0.15, 0.2) is 24.3 Å². The average Bonchev–Trinajstić information content (AvgIpc) is 3.17.